The van der Waals surface area contributed by atoms with Gasteiger partial charge in [-0.05, 0) is 105 Å². The van der Waals surface area contributed by atoms with Gasteiger partial charge in [0.25, 0.3) is 5.91 Å². The highest BCUT2D eigenvalue weighted by molar-refractivity contribution is 14.1. The summed E-state index contributed by atoms with van der Waals surface area (Å²) in [4.78, 5) is 17.3. The van der Waals surface area contributed by atoms with Crippen LogP contribution in [0.2, 0.25) is 5.02 Å². The fraction of sp³-hybridized carbons (Fsp3) is 0.0645. The van der Waals surface area contributed by atoms with Crippen molar-refractivity contribution in [1.29, 1.82) is 0 Å². The van der Waals surface area contributed by atoms with Crippen LogP contribution in [0.5, 0.6) is 5.75 Å². The lowest BCUT2D eigenvalue weighted by atomic mass is 10.1. The average Bonchev–Trinajstić information content (AvgIpc) is 3.43. The summed E-state index contributed by atoms with van der Waals surface area (Å²) in [6.45, 7) is 2.48. The number of benzene rings is 4. The minimum Gasteiger partial charge on any atom is -0.487 e. The van der Waals surface area contributed by atoms with E-state index in [4.69, 9.17) is 16.3 Å². The van der Waals surface area contributed by atoms with Gasteiger partial charge in [-0.15, -0.1) is 11.3 Å². The summed E-state index contributed by atoms with van der Waals surface area (Å²) in [6, 6.07) is 26.8. The molecule has 0 radical (unpaired) electrons. The van der Waals surface area contributed by atoms with E-state index in [1.165, 1.54) is 16.9 Å². The second-order valence-electron chi connectivity index (χ2n) is 9.03. The van der Waals surface area contributed by atoms with Gasteiger partial charge in [0.1, 0.15) is 12.4 Å². The van der Waals surface area contributed by atoms with Crippen LogP contribution in [0.4, 0.5) is 10.8 Å². The molecule has 0 spiro atoms. The molecule has 6 nitrogen and oxygen atoms in total. The largest absolute Gasteiger partial charge is 0.487 e. The fourth-order valence-corrected chi connectivity index (χ4v) is 6.41. The molecule has 0 atom stereocenters. The van der Waals surface area contributed by atoms with Crippen molar-refractivity contribution in [1.82, 2.24) is 10.4 Å². The molecule has 0 aliphatic carbocycles. The minimum atomic E-state index is -0.301. The molecule has 206 valence electrons. The Hall–Kier alpha value is -3.25. The van der Waals surface area contributed by atoms with Gasteiger partial charge in [-0.3, -0.25) is 4.79 Å². The van der Waals surface area contributed by atoms with Crippen molar-refractivity contribution in [3.8, 4) is 17.0 Å². The summed E-state index contributed by atoms with van der Waals surface area (Å²) < 4.78 is 7.71. The van der Waals surface area contributed by atoms with E-state index < -0.39 is 0 Å². The quantitative estimate of drug-likeness (QED) is 0.0894. The average molecular weight is 758 g/mol. The number of carbonyl (C=O) groups is 1. The van der Waals surface area contributed by atoms with Gasteiger partial charge in [-0.25, -0.2) is 10.4 Å². The second kappa shape index (κ2) is 13.6. The molecule has 0 unspecified atom stereocenters. The Kier molecular flexibility index (Phi) is 9.71. The number of ether oxygens (including phenoxy) is 1. The molecule has 0 saturated heterocycles. The van der Waals surface area contributed by atoms with Crippen LogP contribution in [0.25, 0.3) is 11.3 Å². The number of carbonyl (C=O) groups excluding carboxylic acids is 1. The number of thiazole rings is 1. The van der Waals surface area contributed by atoms with Crippen LogP contribution in [0, 0.1) is 10.5 Å². The molecule has 41 heavy (non-hydrogen) atoms. The molecule has 0 bridgehead atoms. The third kappa shape index (κ3) is 7.94. The Morgan fingerprint density at radius 2 is 1.80 bits per heavy atom. The predicted octanol–water partition coefficient (Wildman–Crippen LogP) is 9.23. The summed E-state index contributed by atoms with van der Waals surface area (Å²) in [5, 5.41) is 11.0. The van der Waals surface area contributed by atoms with Gasteiger partial charge in [0.15, 0.2) is 5.13 Å². The van der Waals surface area contributed by atoms with Crippen molar-refractivity contribution >= 4 is 84.4 Å². The van der Waals surface area contributed by atoms with E-state index in [9.17, 15) is 4.79 Å². The van der Waals surface area contributed by atoms with Gasteiger partial charge >= 0.3 is 0 Å². The topological polar surface area (TPSA) is 75.6 Å². The zero-order valence-electron chi connectivity index (χ0n) is 21.7. The minimum absolute atomic E-state index is 0.301. The lowest BCUT2D eigenvalue weighted by molar-refractivity contribution is 0.0955. The van der Waals surface area contributed by atoms with Gasteiger partial charge < -0.3 is 10.1 Å². The van der Waals surface area contributed by atoms with Crippen LogP contribution in [0.1, 0.15) is 27.0 Å². The molecule has 5 aromatic rings. The first-order chi connectivity index (χ1) is 19.8. The van der Waals surface area contributed by atoms with E-state index in [1.54, 1.807) is 18.3 Å². The Labute approximate surface area is 269 Å². The normalized spacial score (nSPS) is 11.0. The number of amides is 1. The monoisotopic (exact) mass is 756 g/mol. The predicted molar refractivity (Wildman–Crippen MR) is 180 cm³/mol. The van der Waals surface area contributed by atoms with E-state index >= 15 is 0 Å². The summed E-state index contributed by atoms with van der Waals surface area (Å²) >= 11 is 13.3. The Morgan fingerprint density at radius 1 is 1.07 bits per heavy atom. The van der Waals surface area contributed by atoms with Gasteiger partial charge in [-0.1, -0.05) is 53.6 Å². The lowest BCUT2D eigenvalue weighted by Gasteiger charge is -2.11. The number of aryl methyl sites for hydroxylation is 1. The molecule has 0 aliphatic heterocycles. The summed E-state index contributed by atoms with van der Waals surface area (Å²) in [6.07, 6.45) is 1.60. The highest BCUT2D eigenvalue weighted by atomic mass is 127. The number of aromatic nitrogens is 1. The van der Waals surface area contributed by atoms with E-state index in [-0.39, 0.29) is 5.91 Å². The molecule has 0 fully saturated rings. The molecule has 1 amide bonds. The molecule has 1 aromatic heterocycles. The van der Waals surface area contributed by atoms with Crippen LogP contribution >= 0.6 is 61.5 Å². The molecule has 0 aliphatic rings. The molecule has 4 aromatic carbocycles. The first kappa shape index (κ1) is 29.2. The van der Waals surface area contributed by atoms with E-state index in [2.05, 4.69) is 78.4 Å². The van der Waals surface area contributed by atoms with Crippen LogP contribution in [0.3, 0.4) is 0 Å². The van der Waals surface area contributed by atoms with Crippen molar-refractivity contribution in [2.45, 2.75) is 13.5 Å². The van der Waals surface area contributed by atoms with Crippen LogP contribution in [-0.2, 0) is 6.61 Å². The smallest absolute Gasteiger partial charge is 0.271 e. The van der Waals surface area contributed by atoms with Crippen LogP contribution in [0.15, 0.2) is 99.9 Å². The summed E-state index contributed by atoms with van der Waals surface area (Å²) in [7, 11) is 0. The number of nitrogens with zero attached hydrogens (tertiary/aromatic N) is 2. The maximum Gasteiger partial charge on any atom is 0.271 e. The molecule has 5 rings (SSSR count). The molecule has 1 heterocycles. The third-order valence-corrected chi connectivity index (χ3v) is 8.35. The number of rotatable bonds is 9. The zero-order chi connectivity index (χ0) is 28.8. The Bertz CT molecular complexity index is 1670. The van der Waals surface area contributed by atoms with Crippen LogP contribution < -0.4 is 15.5 Å². The standard InChI is InChI=1S/C31H23BrClIN4O2S/c1-19-2-12-25(13-3-19)36-31-37-28(18-41-31)22-6-8-23(9-7-22)30(39)38-35-16-21-14-26(32)29(27(34)15-21)40-17-20-4-10-24(33)11-5-20/h2-16,18H,17H2,1H3,(H,36,37)(H,38,39)/b35-16-. The SMILES string of the molecule is Cc1ccc(Nc2nc(-c3ccc(C(=O)N/N=C\c4cc(Br)c(OCc5ccc(Cl)cc5)c(I)c4)cc3)cs2)cc1. The zero-order valence-corrected chi connectivity index (χ0v) is 27.0. The maximum absolute atomic E-state index is 12.7. The molecule has 0 saturated carbocycles. The van der Waals surface area contributed by atoms with E-state index in [1.807, 2.05) is 66.0 Å². The summed E-state index contributed by atoms with van der Waals surface area (Å²) in [5.41, 5.74) is 8.89. The van der Waals surface area contributed by atoms with Gasteiger partial charge in [0.2, 0.25) is 0 Å². The number of nitrogens with one attached hydrogen (secondary N) is 2. The molecular weight excluding hydrogens is 735 g/mol. The second-order valence-corrected chi connectivity index (χ2v) is 12.3. The summed E-state index contributed by atoms with van der Waals surface area (Å²) in [5.74, 6) is 0.435. The van der Waals surface area contributed by atoms with Crippen molar-refractivity contribution in [2.75, 3.05) is 5.32 Å². The number of halogens is 3. The number of hydrogen-bond acceptors (Lipinski definition) is 6. The van der Waals surface area contributed by atoms with Crippen LogP contribution in [-0.4, -0.2) is 17.1 Å². The molecular formula is C31H23BrClIN4O2S. The van der Waals surface area contributed by atoms with Gasteiger partial charge in [0.05, 0.1) is 20.0 Å². The Balaban J connectivity index is 1.16. The van der Waals surface area contributed by atoms with Crippen molar-refractivity contribution in [2.24, 2.45) is 5.10 Å². The maximum atomic E-state index is 12.7. The van der Waals surface area contributed by atoms with Gasteiger partial charge in [0, 0.05) is 27.2 Å². The van der Waals surface area contributed by atoms with E-state index in [0.717, 1.165) is 47.0 Å². The first-order valence-corrected chi connectivity index (χ1v) is 15.6. The highest BCUT2D eigenvalue weighted by Crippen LogP contribution is 2.32. The fourth-order valence-electron chi connectivity index (χ4n) is 3.77. The number of hydrazone groups is 1. The molecule has 10 heteroatoms. The number of anilines is 2. The Morgan fingerprint density at radius 3 is 2.51 bits per heavy atom. The van der Waals surface area contributed by atoms with E-state index in [0.29, 0.717) is 17.2 Å². The first-order valence-electron chi connectivity index (χ1n) is 12.4. The van der Waals surface area contributed by atoms with Crippen molar-refractivity contribution in [3.05, 3.63) is 126 Å². The third-order valence-electron chi connectivity index (χ3n) is 5.95. The lowest BCUT2D eigenvalue weighted by Crippen LogP contribution is -2.17. The molecule has 2 N–H and O–H groups in total. The highest BCUT2D eigenvalue weighted by Gasteiger charge is 2.11. The van der Waals surface area contributed by atoms with Gasteiger partial charge in [-0.2, -0.15) is 5.10 Å². The van der Waals surface area contributed by atoms with Crippen molar-refractivity contribution < 1.29 is 9.53 Å². The number of hydrogen-bond donors (Lipinski definition) is 2. The van der Waals surface area contributed by atoms with Crippen molar-refractivity contribution in [3.63, 3.8) is 0 Å².